The van der Waals surface area contributed by atoms with Gasteiger partial charge >= 0.3 is 6.18 Å². The van der Waals surface area contributed by atoms with Crippen LogP contribution in [0, 0.1) is 0 Å². The van der Waals surface area contributed by atoms with Gasteiger partial charge in [0.15, 0.2) is 5.16 Å². The molecule has 0 spiro atoms. The van der Waals surface area contributed by atoms with Crippen molar-refractivity contribution >= 4 is 34.3 Å². The first-order valence-corrected chi connectivity index (χ1v) is 9.15. The molecule has 28 heavy (non-hydrogen) atoms. The number of thioether (sulfide) groups is 1. The van der Waals surface area contributed by atoms with Gasteiger partial charge in [-0.3, -0.25) is 14.2 Å². The molecular formula is C19H16F3N3O2S. The summed E-state index contributed by atoms with van der Waals surface area (Å²) in [6.07, 6.45) is -4.49. The van der Waals surface area contributed by atoms with Crippen LogP contribution in [0.2, 0.25) is 0 Å². The van der Waals surface area contributed by atoms with Gasteiger partial charge in [-0.1, -0.05) is 30.0 Å². The third kappa shape index (κ3) is 4.19. The Kier molecular flexibility index (Phi) is 5.46. The highest BCUT2D eigenvalue weighted by atomic mass is 32.2. The first kappa shape index (κ1) is 19.9. The monoisotopic (exact) mass is 407 g/mol. The lowest BCUT2D eigenvalue weighted by atomic mass is 10.2. The molecule has 5 nitrogen and oxygen atoms in total. The van der Waals surface area contributed by atoms with Crippen molar-refractivity contribution in [3.8, 4) is 0 Å². The molecule has 0 saturated carbocycles. The molecule has 0 aliphatic carbocycles. The minimum absolute atomic E-state index is 0.0487. The maximum Gasteiger partial charge on any atom is 0.416 e. The van der Waals surface area contributed by atoms with Gasteiger partial charge in [0.1, 0.15) is 0 Å². The number of benzene rings is 2. The largest absolute Gasteiger partial charge is 0.416 e. The molecule has 1 heterocycles. The fraction of sp³-hybridized carbons (Fsp3) is 0.211. The molecule has 9 heteroatoms. The summed E-state index contributed by atoms with van der Waals surface area (Å²) in [7, 11) is 1.56. The SMILES string of the molecule is CC(Sc1nc2ccccc2c(=O)n1C)C(=O)Nc1cccc(C(F)(F)F)c1. The molecule has 146 valence electrons. The van der Waals surface area contributed by atoms with Crippen molar-refractivity contribution in [1.82, 2.24) is 9.55 Å². The number of hydrogen-bond donors (Lipinski definition) is 1. The van der Waals surface area contributed by atoms with E-state index in [1.165, 1.54) is 16.7 Å². The summed E-state index contributed by atoms with van der Waals surface area (Å²) in [6, 6.07) is 11.3. The van der Waals surface area contributed by atoms with Crippen LogP contribution >= 0.6 is 11.8 Å². The summed E-state index contributed by atoms with van der Waals surface area (Å²) in [5, 5.41) is 2.60. The fourth-order valence-electron chi connectivity index (χ4n) is 2.53. The molecule has 1 N–H and O–H groups in total. The van der Waals surface area contributed by atoms with Crippen molar-refractivity contribution in [2.75, 3.05) is 5.32 Å². The molecule has 0 radical (unpaired) electrons. The number of carbonyl (C=O) groups is 1. The molecule has 1 atom stereocenters. The third-order valence-electron chi connectivity index (χ3n) is 4.05. The second-order valence-electron chi connectivity index (χ2n) is 6.10. The van der Waals surface area contributed by atoms with Crippen molar-refractivity contribution in [2.45, 2.75) is 23.5 Å². The number of anilines is 1. The van der Waals surface area contributed by atoms with Crippen LogP contribution in [-0.2, 0) is 18.0 Å². The third-order valence-corrected chi connectivity index (χ3v) is 5.19. The number of amides is 1. The lowest BCUT2D eigenvalue weighted by molar-refractivity contribution is -0.137. The van der Waals surface area contributed by atoms with Crippen molar-refractivity contribution in [2.24, 2.45) is 7.05 Å². The first-order chi connectivity index (χ1) is 13.2. The summed E-state index contributed by atoms with van der Waals surface area (Å²) >= 11 is 1.05. The summed E-state index contributed by atoms with van der Waals surface area (Å²) < 4.78 is 39.8. The molecule has 0 aliphatic heterocycles. The van der Waals surface area contributed by atoms with Crippen LogP contribution < -0.4 is 10.9 Å². The van der Waals surface area contributed by atoms with Crippen LogP contribution in [0.15, 0.2) is 58.5 Å². The van der Waals surface area contributed by atoms with Crippen molar-refractivity contribution in [3.05, 3.63) is 64.4 Å². The molecule has 1 amide bonds. The van der Waals surface area contributed by atoms with Gasteiger partial charge in [-0.05, 0) is 37.3 Å². The molecule has 0 fully saturated rings. The number of para-hydroxylation sites is 1. The van der Waals surface area contributed by atoms with Crippen molar-refractivity contribution < 1.29 is 18.0 Å². The first-order valence-electron chi connectivity index (χ1n) is 8.27. The van der Waals surface area contributed by atoms with Gasteiger partial charge in [0.05, 0.1) is 21.7 Å². The standard InChI is InChI=1S/C19H16F3N3O2S/c1-11(16(26)23-13-7-5-6-12(10-13)19(20,21)22)28-18-24-15-9-4-3-8-14(15)17(27)25(18)2/h3-11H,1-2H3,(H,23,26). The van der Waals surface area contributed by atoms with E-state index in [1.54, 1.807) is 38.2 Å². The van der Waals surface area contributed by atoms with E-state index < -0.39 is 22.9 Å². The van der Waals surface area contributed by atoms with Crippen LogP contribution in [0.25, 0.3) is 10.9 Å². The Morgan fingerprint density at radius 1 is 1.18 bits per heavy atom. The van der Waals surface area contributed by atoms with E-state index in [1.807, 2.05) is 0 Å². The maximum atomic E-state index is 12.8. The number of nitrogens with zero attached hydrogens (tertiary/aromatic N) is 2. The highest BCUT2D eigenvalue weighted by molar-refractivity contribution is 8.00. The van der Waals surface area contributed by atoms with Crippen LogP contribution in [0.5, 0.6) is 0 Å². The van der Waals surface area contributed by atoms with E-state index >= 15 is 0 Å². The Bertz CT molecular complexity index is 1100. The van der Waals surface area contributed by atoms with Gasteiger partial charge in [0, 0.05) is 12.7 Å². The van der Waals surface area contributed by atoms with E-state index in [4.69, 9.17) is 0 Å². The molecule has 3 rings (SSSR count). The van der Waals surface area contributed by atoms with Crippen LogP contribution in [0.4, 0.5) is 18.9 Å². The zero-order valence-corrected chi connectivity index (χ0v) is 15.8. The second kappa shape index (κ2) is 7.67. The molecule has 0 bridgehead atoms. The minimum Gasteiger partial charge on any atom is -0.325 e. The Labute approximate surface area is 162 Å². The van der Waals surface area contributed by atoms with Gasteiger partial charge in [0.2, 0.25) is 5.91 Å². The van der Waals surface area contributed by atoms with Crippen molar-refractivity contribution in [3.63, 3.8) is 0 Å². The smallest absolute Gasteiger partial charge is 0.325 e. The van der Waals surface area contributed by atoms with E-state index in [9.17, 15) is 22.8 Å². The lowest BCUT2D eigenvalue weighted by Gasteiger charge is -2.15. The van der Waals surface area contributed by atoms with Gasteiger partial charge in [0.25, 0.3) is 5.56 Å². The number of aromatic nitrogens is 2. The number of alkyl halides is 3. The minimum atomic E-state index is -4.49. The molecule has 0 aliphatic rings. The van der Waals surface area contributed by atoms with Crippen LogP contribution in [0.1, 0.15) is 12.5 Å². The summed E-state index contributed by atoms with van der Waals surface area (Å²) in [6.45, 7) is 1.59. The number of hydrogen-bond acceptors (Lipinski definition) is 4. The topological polar surface area (TPSA) is 64.0 Å². The molecule has 1 aromatic heterocycles. The lowest BCUT2D eigenvalue weighted by Crippen LogP contribution is -2.25. The fourth-order valence-corrected chi connectivity index (χ4v) is 3.41. The molecule has 0 saturated heterocycles. The normalized spacial score (nSPS) is 12.8. The summed E-state index contributed by atoms with van der Waals surface area (Å²) in [5.74, 6) is -0.494. The molecule has 1 unspecified atom stereocenters. The van der Waals surface area contributed by atoms with Gasteiger partial charge < -0.3 is 5.32 Å². The Balaban J connectivity index is 1.79. The highest BCUT2D eigenvalue weighted by Gasteiger charge is 2.30. The average Bonchev–Trinajstić information content (AvgIpc) is 2.65. The number of fused-ring (bicyclic) bond motifs is 1. The molecule has 3 aromatic rings. The Morgan fingerprint density at radius 3 is 2.61 bits per heavy atom. The number of carbonyl (C=O) groups excluding carboxylic acids is 1. The molecular weight excluding hydrogens is 391 g/mol. The van der Waals surface area contributed by atoms with E-state index in [2.05, 4.69) is 10.3 Å². The molecule has 2 aromatic carbocycles. The van der Waals surface area contributed by atoms with Gasteiger partial charge in [-0.25, -0.2) is 4.98 Å². The number of halogens is 3. The quantitative estimate of drug-likeness (QED) is 0.523. The highest BCUT2D eigenvalue weighted by Crippen LogP contribution is 2.31. The maximum absolute atomic E-state index is 12.8. The zero-order valence-electron chi connectivity index (χ0n) is 14.9. The van der Waals surface area contributed by atoms with E-state index in [0.717, 1.165) is 23.9 Å². The summed E-state index contributed by atoms with van der Waals surface area (Å²) in [4.78, 5) is 29.2. The number of rotatable bonds is 4. The number of nitrogens with one attached hydrogen (secondary N) is 1. The van der Waals surface area contributed by atoms with E-state index in [0.29, 0.717) is 16.1 Å². The predicted octanol–water partition coefficient (Wildman–Crippen LogP) is 4.07. The average molecular weight is 407 g/mol. The summed E-state index contributed by atoms with van der Waals surface area (Å²) in [5.41, 5.74) is -0.519. The second-order valence-corrected chi connectivity index (χ2v) is 7.41. The Morgan fingerprint density at radius 2 is 1.89 bits per heavy atom. The van der Waals surface area contributed by atoms with E-state index in [-0.39, 0.29) is 11.2 Å². The van der Waals surface area contributed by atoms with Gasteiger partial charge in [-0.15, -0.1) is 0 Å². The van der Waals surface area contributed by atoms with Gasteiger partial charge in [-0.2, -0.15) is 13.2 Å². The van der Waals surface area contributed by atoms with Crippen LogP contribution in [0.3, 0.4) is 0 Å². The Hall–Kier alpha value is -2.81. The van der Waals surface area contributed by atoms with Crippen molar-refractivity contribution in [1.29, 1.82) is 0 Å². The van der Waals surface area contributed by atoms with Crippen LogP contribution in [-0.4, -0.2) is 20.7 Å². The predicted molar refractivity (Wildman–Crippen MR) is 102 cm³/mol. The zero-order chi connectivity index (χ0) is 20.5.